The molecule has 0 aliphatic heterocycles. The van der Waals surface area contributed by atoms with Crippen molar-refractivity contribution in [2.45, 2.75) is 46.6 Å². The molecule has 0 radical (unpaired) electrons. The van der Waals surface area contributed by atoms with Gasteiger partial charge in [-0.3, -0.25) is 4.79 Å². The maximum absolute atomic E-state index is 11.4. The van der Waals surface area contributed by atoms with E-state index in [0.29, 0.717) is 12.5 Å². The van der Waals surface area contributed by atoms with Crippen LogP contribution in [0.25, 0.3) is 0 Å². The van der Waals surface area contributed by atoms with E-state index in [4.69, 9.17) is 0 Å². The van der Waals surface area contributed by atoms with Crippen molar-refractivity contribution in [3.05, 3.63) is 0 Å². The fraction of sp³-hybridized carbons (Fsp3) is 0.909. The number of amides is 1. The van der Waals surface area contributed by atoms with Crippen molar-refractivity contribution < 1.29 is 4.79 Å². The Hall–Kier alpha value is -0.570. The highest BCUT2D eigenvalue weighted by Crippen LogP contribution is 2.05. The highest BCUT2D eigenvalue weighted by Gasteiger charge is 2.12. The minimum atomic E-state index is 0.103. The van der Waals surface area contributed by atoms with Gasteiger partial charge in [-0.2, -0.15) is 0 Å². The summed E-state index contributed by atoms with van der Waals surface area (Å²) in [6.45, 7) is 9.80. The first-order valence-electron chi connectivity index (χ1n) is 5.61. The molecule has 84 valence electrons. The molecular weight excluding hydrogens is 176 g/mol. The Bertz CT molecular complexity index is 159. The number of hydrogen-bond acceptors (Lipinski definition) is 2. The first-order valence-corrected chi connectivity index (χ1v) is 5.61. The van der Waals surface area contributed by atoms with Gasteiger partial charge in [-0.25, -0.2) is 0 Å². The predicted molar refractivity (Wildman–Crippen MR) is 60.2 cm³/mol. The fourth-order valence-corrected chi connectivity index (χ4v) is 1.18. The van der Waals surface area contributed by atoms with E-state index in [1.54, 1.807) is 0 Å². The molecule has 1 amide bonds. The summed E-state index contributed by atoms with van der Waals surface area (Å²) in [5, 5.41) is 6.07. The van der Waals surface area contributed by atoms with Crippen molar-refractivity contribution >= 4 is 5.91 Å². The molecule has 0 rings (SSSR count). The van der Waals surface area contributed by atoms with Crippen LogP contribution in [0.1, 0.15) is 40.5 Å². The number of hydrogen-bond donors (Lipinski definition) is 2. The zero-order valence-corrected chi connectivity index (χ0v) is 9.89. The summed E-state index contributed by atoms with van der Waals surface area (Å²) in [4.78, 5) is 11.4. The van der Waals surface area contributed by atoms with Crippen LogP contribution in [0.15, 0.2) is 0 Å². The lowest BCUT2D eigenvalue weighted by molar-refractivity contribution is -0.121. The number of rotatable bonds is 7. The molecule has 3 nitrogen and oxygen atoms in total. The van der Waals surface area contributed by atoms with Crippen molar-refractivity contribution in [2.75, 3.05) is 13.1 Å². The van der Waals surface area contributed by atoms with Crippen molar-refractivity contribution in [3.63, 3.8) is 0 Å². The third-order valence-electron chi connectivity index (χ3n) is 2.60. The van der Waals surface area contributed by atoms with E-state index in [0.717, 1.165) is 19.4 Å². The summed E-state index contributed by atoms with van der Waals surface area (Å²) in [6.07, 6.45) is 2.16. The van der Waals surface area contributed by atoms with Gasteiger partial charge in [0.1, 0.15) is 0 Å². The Kier molecular flexibility index (Phi) is 7.48. The van der Waals surface area contributed by atoms with Crippen molar-refractivity contribution in [1.82, 2.24) is 10.6 Å². The first-order chi connectivity index (χ1) is 6.61. The van der Waals surface area contributed by atoms with Gasteiger partial charge in [0.15, 0.2) is 0 Å². The lowest BCUT2D eigenvalue weighted by Gasteiger charge is -2.19. The van der Waals surface area contributed by atoms with E-state index >= 15 is 0 Å². The lowest BCUT2D eigenvalue weighted by atomic mass is 10.0. The average molecular weight is 200 g/mol. The number of nitrogens with one attached hydrogen (secondary N) is 2. The predicted octanol–water partition coefficient (Wildman–Crippen LogP) is 1.54. The van der Waals surface area contributed by atoms with E-state index in [1.807, 2.05) is 0 Å². The summed E-state index contributed by atoms with van der Waals surface area (Å²) in [7, 11) is 0. The molecule has 0 spiro atoms. The summed E-state index contributed by atoms with van der Waals surface area (Å²) in [5.41, 5.74) is 0. The first kappa shape index (κ1) is 13.4. The Morgan fingerprint density at radius 1 is 1.29 bits per heavy atom. The van der Waals surface area contributed by atoms with Gasteiger partial charge >= 0.3 is 0 Å². The maximum Gasteiger partial charge on any atom is 0.234 e. The van der Waals surface area contributed by atoms with E-state index < -0.39 is 0 Å². The molecule has 0 heterocycles. The summed E-state index contributed by atoms with van der Waals surface area (Å²) >= 11 is 0. The van der Waals surface area contributed by atoms with E-state index in [-0.39, 0.29) is 11.9 Å². The molecule has 2 atom stereocenters. The minimum Gasteiger partial charge on any atom is -0.352 e. The molecule has 3 heteroatoms. The highest BCUT2D eigenvalue weighted by atomic mass is 16.1. The second-order valence-electron chi connectivity index (χ2n) is 3.92. The van der Waals surface area contributed by atoms with Gasteiger partial charge in [0.25, 0.3) is 0 Å². The van der Waals surface area contributed by atoms with Crippen LogP contribution in [0, 0.1) is 5.92 Å². The smallest absolute Gasteiger partial charge is 0.234 e. The Morgan fingerprint density at radius 3 is 2.43 bits per heavy atom. The van der Waals surface area contributed by atoms with Gasteiger partial charge in [-0.05, 0) is 25.8 Å². The Morgan fingerprint density at radius 2 is 1.93 bits per heavy atom. The Balaban J connectivity index is 3.60. The van der Waals surface area contributed by atoms with Crippen LogP contribution >= 0.6 is 0 Å². The monoisotopic (exact) mass is 200 g/mol. The molecule has 0 bridgehead atoms. The molecule has 0 aliphatic carbocycles. The molecule has 14 heavy (non-hydrogen) atoms. The summed E-state index contributed by atoms with van der Waals surface area (Å²) < 4.78 is 0. The molecule has 2 unspecified atom stereocenters. The van der Waals surface area contributed by atoms with Gasteiger partial charge in [0, 0.05) is 6.04 Å². The van der Waals surface area contributed by atoms with E-state index in [9.17, 15) is 4.79 Å². The van der Waals surface area contributed by atoms with Crippen molar-refractivity contribution in [2.24, 2.45) is 5.92 Å². The fourth-order valence-electron chi connectivity index (χ4n) is 1.18. The van der Waals surface area contributed by atoms with Crippen LogP contribution in [0.5, 0.6) is 0 Å². The van der Waals surface area contributed by atoms with Crippen LogP contribution in [0.4, 0.5) is 0 Å². The SMILES string of the molecule is CCCNCC(=O)NC(C)C(C)CC. The van der Waals surface area contributed by atoms with Crippen LogP contribution in [0.2, 0.25) is 0 Å². The molecule has 2 N–H and O–H groups in total. The van der Waals surface area contributed by atoms with E-state index in [2.05, 4.69) is 38.3 Å². The largest absolute Gasteiger partial charge is 0.352 e. The van der Waals surface area contributed by atoms with E-state index in [1.165, 1.54) is 0 Å². The number of carbonyl (C=O) groups is 1. The zero-order valence-electron chi connectivity index (χ0n) is 9.89. The lowest BCUT2D eigenvalue weighted by Crippen LogP contribution is -2.41. The second kappa shape index (κ2) is 7.80. The normalized spacial score (nSPS) is 14.9. The quantitative estimate of drug-likeness (QED) is 0.612. The van der Waals surface area contributed by atoms with Crippen LogP contribution in [-0.2, 0) is 4.79 Å². The van der Waals surface area contributed by atoms with Gasteiger partial charge in [-0.1, -0.05) is 27.2 Å². The van der Waals surface area contributed by atoms with Crippen LogP contribution in [-0.4, -0.2) is 25.0 Å². The average Bonchev–Trinajstić information content (AvgIpc) is 2.16. The summed E-state index contributed by atoms with van der Waals surface area (Å²) in [6, 6.07) is 0.274. The van der Waals surface area contributed by atoms with Gasteiger partial charge in [0.2, 0.25) is 5.91 Å². The molecule has 0 saturated heterocycles. The molecule has 0 aromatic rings. The second-order valence-corrected chi connectivity index (χ2v) is 3.92. The molecular formula is C11H24N2O. The topological polar surface area (TPSA) is 41.1 Å². The zero-order chi connectivity index (χ0) is 11.0. The Labute approximate surface area is 87.6 Å². The van der Waals surface area contributed by atoms with Crippen molar-refractivity contribution in [3.8, 4) is 0 Å². The molecule has 0 aromatic heterocycles. The highest BCUT2D eigenvalue weighted by molar-refractivity contribution is 5.78. The van der Waals surface area contributed by atoms with Crippen molar-refractivity contribution in [1.29, 1.82) is 0 Å². The maximum atomic E-state index is 11.4. The molecule has 0 aliphatic rings. The molecule has 0 fully saturated rings. The third kappa shape index (κ3) is 5.97. The standard InChI is InChI=1S/C11H24N2O/c1-5-7-12-8-11(14)13-10(4)9(3)6-2/h9-10,12H,5-8H2,1-4H3,(H,13,14). The minimum absolute atomic E-state index is 0.103. The number of carbonyl (C=O) groups excluding carboxylic acids is 1. The molecule has 0 aromatic carbocycles. The molecule has 0 saturated carbocycles. The van der Waals surface area contributed by atoms with Gasteiger partial charge in [-0.15, -0.1) is 0 Å². The third-order valence-corrected chi connectivity index (χ3v) is 2.60. The van der Waals surface area contributed by atoms with Gasteiger partial charge in [0.05, 0.1) is 6.54 Å². The van der Waals surface area contributed by atoms with Crippen LogP contribution < -0.4 is 10.6 Å². The van der Waals surface area contributed by atoms with Crippen LogP contribution in [0.3, 0.4) is 0 Å². The summed E-state index contributed by atoms with van der Waals surface area (Å²) in [5.74, 6) is 0.649. The van der Waals surface area contributed by atoms with Gasteiger partial charge < -0.3 is 10.6 Å².